The third kappa shape index (κ3) is 5.06. The Bertz CT molecular complexity index is 111. The van der Waals surface area contributed by atoms with Gasteiger partial charge in [0.1, 0.15) is 0 Å². The molecule has 0 aliphatic carbocycles. The molecule has 0 rings (SSSR count). The van der Waals surface area contributed by atoms with Crippen molar-refractivity contribution in [2.24, 2.45) is 5.92 Å². The molecule has 0 radical (unpaired) electrons. The van der Waals surface area contributed by atoms with Crippen molar-refractivity contribution in [2.75, 3.05) is 0 Å². The van der Waals surface area contributed by atoms with Crippen LogP contribution in [-0.2, 0) is 0 Å². The second kappa shape index (κ2) is 6.45. The maximum atomic E-state index is 2.34. The highest BCUT2D eigenvalue weighted by Crippen LogP contribution is 2.16. The molecule has 0 aromatic heterocycles. The van der Waals surface area contributed by atoms with Crippen LogP contribution in [0, 0.1) is 5.92 Å². The van der Waals surface area contributed by atoms with E-state index >= 15 is 0 Å². The summed E-state index contributed by atoms with van der Waals surface area (Å²) >= 11 is 0. The Morgan fingerprint density at radius 1 is 1.36 bits per heavy atom. The number of hydrogen-bond donors (Lipinski definition) is 0. The fourth-order valence-corrected chi connectivity index (χ4v) is 1.16. The van der Waals surface area contributed by atoms with Gasteiger partial charge < -0.3 is 0 Å². The zero-order valence-electron chi connectivity index (χ0n) is 8.48. The third-order valence-corrected chi connectivity index (χ3v) is 2.52. The zero-order valence-corrected chi connectivity index (χ0v) is 8.48. The molecule has 0 fully saturated rings. The highest BCUT2D eigenvalue weighted by atomic mass is 14.1. The van der Waals surface area contributed by atoms with Crippen LogP contribution in [0.3, 0.4) is 0 Å². The van der Waals surface area contributed by atoms with E-state index in [1.54, 1.807) is 5.57 Å². The Kier molecular flexibility index (Phi) is 6.30. The van der Waals surface area contributed by atoms with Gasteiger partial charge in [-0.05, 0) is 32.1 Å². The van der Waals surface area contributed by atoms with Gasteiger partial charge in [-0.1, -0.05) is 38.8 Å². The molecule has 0 spiro atoms. The highest BCUT2D eigenvalue weighted by Gasteiger charge is 1.99. The minimum absolute atomic E-state index is 0.900. The van der Waals surface area contributed by atoms with Gasteiger partial charge in [0.2, 0.25) is 0 Å². The Morgan fingerprint density at radius 2 is 2.00 bits per heavy atom. The third-order valence-electron chi connectivity index (χ3n) is 2.52. The SMILES string of the molecule is C/C=C(\CC)CCC(C)CC. The fourth-order valence-electron chi connectivity index (χ4n) is 1.16. The molecule has 1 unspecified atom stereocenters. The monoisotopic (exact) mass is 154 g/mol. The topological polar surface area (TPSA) is 0 Å². The van der Waals surface area contributed by atoms with E-state index < -0.39 is 0 Å². The maximum Gasteiger partial charge on any atom is -0.0318 e. The molecular weight excluding hydrogens is 132 g/mol. The Hall–Kier alpha value is -0.260. The van der Waals surface area contributed by atoms with Crippen molar-refractivity contribution in [3.8, 4) is 0 Å². The van der Waals surface area contributed by atoms with Crippen molar-refractivity contribution in [1.29, 1.82) is 0 Å². The summed E-state index contributed by atoms with van der Waals surface area (Å²) in [6, 6.07) is 0. The summed E-state index contributed by atoms with van der Waals surface area (Å²) < 4.78 is 0. The predicted molar refractivity (Wildman–Crippen MR) is 52.7 cm³/mol. The first-order chi connectivity index (χ1) is 5.24. The smallest absolute Gasteiger partial charge is 0.0318 e. The van der Waals surface area contributed by atoms with E-state index in [0.717, 1.165) is 5.92 Å². The molecule has 1 atom stereocenters. The molecule has 0 saturated carbocycles. The molecule has 0 heterocycles. The molecular formula is C11H22. The first-order valence-electron chi connectivity index (χ1n) is 4.88. The lowest BCUT2D eigenvalue weighted by Gasteiger charge is -2.08. The molecule has 0 aromatic rings. The lowest BCUT2D eigenvalue weighted by Crippen LogP contribution is -1.92. The van der Waals surface area contributed by atoms with Crippen molar-refractivity contribution in [3.05, 3.63) is 11.6 Å². The van der Waals surface area contributed by atoms with E-state index in [9.17, 15) is 0 Å². The van der Waals surface area contributed by atoms with Crippen LogP contribution in [-0.4, -0.2) is 0 Å². The van der Waals surface area contributed by atoms with Crippen LogP contribution in [0.25, 0.3) is 0 Å². The van der Waals surface area contributed by atoms with Crippen molar-refractivity contribution in [1.82, 2.24) is 0 Å². The van der Waals surface area contributed by atoms with Gasteiger partial charge in [0.25, 0.3) is 0 Å². The lowest BCUT2D eigenvalue weighted by molar-refractivity contribution is 0.512. The van der Waals surface area contributed by atoms with Crippen molar-refractivity contribution in [2.45, 2.75) is 53.4 Å². The predicted octanol–water partition coefficient (Wildman–Crippen LogP) is 4.17. The molecule has 11 heavy (non-hydrogen) atoms. The van der Waals surface area contributed by atoms with Gasteiger partial charge >= 0.3 is 0 Å². The number of allylic oxidation sites excluding steroid dienone is 2. The summed E-state index contributed by atoms with van der Waals surface area (Å²) in [7, 11) is 0. The van der Waals surface area contributed by atoms with Crippen LogP contribution in [0.1, 0.15) is 53.4 Å². The van der Waals surface area contributed by atoms with Gasteiger partial charge in [-0.2, -0.15) is 0 Å². The van der Waals surface area contributed by atoms with E-state index in [0.29, 0.717) is 0 Å². The number of rotatable bonds is 5. The first-order valence-corrected chi connectivity index (χ1v) is 4.88. The van der Waals surface area contributed by atoms with Crippen molar-refractivity contribution >= 4 is 0 Å². The fraction of sp³-hybridized carbons (Fsp3) is 0.818. The van der Waals surface area contributed by atoms with Crippen molar-refractivity contribution in [3.63, 3.8) is 0 Å². The molecule has 0 saturated heterocycles. The van der Waals surface area contributed by atoms with Crippen LogP contribution in [0.15, 0.2) is 11.6 Å². The average molecular weight is 154 g/mol. The largest absolute Gasteiger partial charge is 0.0885 e. The van der Waals surface area contributed by atoms with Crippen LogP contribution in [0.5, 0.6) is 0 Å². The second-order valence-electron chi connectivity index (χ2n) is 3.35. The standard InChI is InChI=1S/C11H22/c1-5-10(4)8-9-11(6-2)7-3/h6,10H,5,7-9H2,1-4H3/b11-6+. The minimum atomic E-state index is 0.900. The average Bonchev–Trinajstić information content (AvgIpc) is 2.06. The van der Waals surface area contributed by atoms with Gasteiger partial charge in [-0.3, -0.25) is 0 Å². The molecule has 0 aromatic carbocycles. The van der Waals surface area contributed by atoms with E-state index in [-0.39, 0.29) is 0 Å². The van der Waals surface area contributed by atoms with E-state index in [4.69, 9.17) is 0 Å². The zero-order chi connectivity index (χ0) is 8.69. The highest BCUT2D eigenvalue weighted by molar-refractivity contribution is 4.98. The molecule has 0 bridgehead atoms. The minimum Gasteiger partial charge on any atom is -0.0885 e. The van der Waals surface area contributed by atoms with Crippen LogP contribution in [0.4, 0.5) is 0 Å². The van der Waals surface area contributed by atoms with Crippen LogP contribution >= 0.6 is 0 Å². The van der Waals surface area contributed by atoms with Gasteiger partial charge in [-0.15, -0.1) is 0 Å². The van der Waals surface area contributed by atoms with Gasteiger partial charge in [0, 0.05) is 0 Å². The molecule has 0 N–H and O–H groups in total. The summed E-state index contributed by atoms with van der Waals surface area (Å²) in [6.45, 7) is 9.00. The second-order valence-corrected chi connectivity index (χ2v) is 3.35. The van der Waals surface area contributed by atoms with E-state index in [2.05, 4.69) is 33.8 Å². The van der Waals surface area contributed by atoms with E-state index in [1.165, 1.54) is 25.7 Å². The molecule has 0 nitrogen and oxygen atoms in total. The van der Waals surface area contributed by atoms with Gasteiger partial charge in [0.15, 0.2) is 0 Å². The Morgan fingerprint density at radius 3 is 2.36 bits per heavy atom. The summed E-state index contributed by atoms with van der Waals surface area (Å²) in [4.78, 5) is 0. The van der Waals surface area contributed by atoms with E-state index in [1.807, 2.05) is 0 Å². The number of hydrogen-bond acceptors (Lipinski definition) is 0. The van der Waals surface area contributed by atoms with Gasteiger partial charge in [-0.25, -0.2) is 0 Å². The maximum absolute atomic E-state index is 2.34. The molecule has 0 amide bonds. The summed E-state index contributed by atoms with van der Waals surface area (Å²) in [5.41, 5.74) is 1.62. The summed E-state index contributed by atoms with van der Waals surface area (Å²) in [6.07, 6.45) is 7.49. The summed E-state index contributed by atoms with van der Waals surface area (Å²) in [5.74, 6) is 0.900. The van der Waals surface area contributed by atoms with Crippen molar-refractivity contribution < 1.29 is 0 Å². The lowest BCUT2D eigenvalue weighted by atomic mass is 9.98. The molecule has 66 valence electrons. The van der Waals surface area contributed by atoms with Crippen LogP contribution < -0.4 is 0 Å². The molecule has 0 aliphatic heterocycles. The Labute approximate surface area is 71.7 Å². The first kappa shape index (κ1) is 10.7. The Balaban J connectivity index is 3.51. The van der Waals surface area contributed by atoms with Gasteiger partial charge in [0.05, 0.1) is 0 Å². The molecule has 0 heteroatoms. The summed E-state index contributed by atoms with van der Waals surface area (Å²) in [5, 5.41) is 0. The normalized spacial score (nSPS) is 15.1. The van der Waals surface area contributed by atoms with Crippen LogP contribution in [0.2, 0.25) is 0 Å². The quantitative estimate of drug-likeness (QED) is 0.521. The molecule has 0 aliphatic rings.